The molecule has 9 nitrogen and oxygen atoms in total. The summed E-state index contributed by atoms with van der Waals surface area (Å²) in [5, 5.41) is 61.4. The van der Waals surface area contributed by atoms with E-state index in [-0.39, 0.29) is 55.7 Å². The van der Waals surface area contributed by atoms with Gasteiger partial charge in [-0.25, -0.2) is 0 Å². The van der Waals surface area contributed by atoms with Gasteiger partial charge >= 0.3 is 0 Å². The summed E-state index contributed by atoms with van der Waals surface area (Å²) in [5.41, 5.74) is 6.47. The quantitative estimate of drug-likeness (QED) is 0.0479. The zero-order valence-electron chi connectivity index (χ0n) is 37.7. The summed E-state index contributed by atoms with van der Waals surface area (Å²) < 4.78 is 13.9. The van der Waals surface area contributed by atoms with Crippen LogP contribution in [0.1, 0.15) is 132 Å². The molecule has 0 amide bonds. The SMILES string of the molecule is CC(C)(C)c1ccc(N2c3ccc(C(C)(C)C)cc3B3c4c2cc(C(C)(C)C)cc4-n2c4c(O)c(O)c(C(C)(C)C)c(O)c4ooc4c(O)c(C(C)(C)C)c(O)c3c42)cc1. The number of rotatable bonds is 1. The summed E-state index contributed by atoms with van der Waals surface area (Å²) in [4.78, 5) is 2.27. The van der Waals surface area contributed by atoms with Gasteiger partial charge in [-0.2, -0.15) is 0 Å². The first-order valence-corrected chi connectivity index (χ1v) is 20.9. The van der Waals surface area contributed by atoms with Gasteiger partial charge in [0.05, 0.1) is 5.52 Å². The van der Waals surface area contributed by atoms with E-state index in [1.54, 1.807) is 25.3 Å². The Bertz CT molecular complexity index is 2840. The first kappa shape index (κ1) is 41.1. The smallest absolute Gasteiger partial charge is 0.257 e. The lowest BCUT2D eigenvalue weighted by atomic mass is 9.33. The molecule has 1 aromatic heterocycles. The van der Waals surface area contributed by atoms with Crippen LogP contribution in [-0.2, 0) is 27.1 Å². The number of aromatic nitrogens is 1. The average molecular weight is 811 g/mol. The van der Waals surface area contributed by atoms with Gasteiger partial charge in [0, 0.05) is 39.3 Å². The Labute approximate surface area is 353 Å². The molecule has 0 fully saturated rings. The van der Waals surface area contributed by atoms with E-state index < -0.39 is 40.2 Å². The molecular formula is C50H59BN2O7. The molecule has 8 rings (SSSR count). The van der Waals surface area contributed by atoms with Crippen molar-refractivity contribution in [2.45, 2.75) is 131 Å². The van der Waals surface area contributed by atoms with Gasteiger partial charge in [-0.15, -0.1) is 0 Å². The van der Waals surface area contributed by atoms with Gasteiger partial charge < -0.3 is 35.0 Å². The number of anilines is 3. The van der Waals surface area contributed by atoms with Crippen molar-refractivity contribution in [1.82, 2.24) is 4.57 Å². The third kappa shape index (κ3) is 5.95. The van der Waals surface area contributed by atoms with Gasteiger partial charge in [0.25, 0.3) is 6.71 Å². The predicted octanol–water partition coefficient (Wildman–Crippen LogP) is 10.7. The molecule has 0 saturated carbocycles. The van der Waals surface area contributed by atoms with Crippen molar-refractivity contribution >= 4 is 62.4 Å². The number of nitrogens with zero attached hydrogens (tertiary/aromatic N) is 2. The van der Waals surface area contributed by atoms with Crippen LogP contribution in [0.2, 0.25) is 0 Å². The molecule has 0 spiro atoms. The maximum absolute atomic E-state index is 12.9. The maximum atomic E-state index is 12.9. The van der Waals surface area contributed by atoms with Gasteiger partial charge in [-0.05, 0) is 85.0 Å². The van der Waals surface area contributed by atoms with Crippen molar-refractivity contribution in [3.8, 4) is 34.4 Å². The van der Waals surface area contributed by atoms with Gasteiger partial charge in [0.2, 0.25) is 11.2 Å². The van der Waals surface area contributed by atoms with Crippen molar-refractivity contribution in [3.63, 3.8) is 0 Å². The first-order chi connectivity index (χ1) is 27.5. The van der Waals surface area contributed by atoms with E-state index in [0.29, 0.717) is 11.2 Å². The van der Waals surface area contributed by atoms with Crippen molar-refractivity contribution in [2.24, 2.45) is 0 Å². The number of phenolic OH excluding ortho intramolecular Hbond substituents is 5. The Hall–Kier alpha value is -5.64. The second-order valence-electron chi connectivity index (χ2n) is 22.0. The second-order valence-corrected chi connectivity index (χ2v) is 22.0. The van der Waals surface area contributed by atoms with Gasteiger partial charge in [-0.3, -0.25) is 9.15 Å². The molecule has 0 atom stereocenters. The lowest BCUT2D eigenvalue weighted by Crippen LogP contribution is -2.61. The van der Waals surface area contributed by atoms with E-state index in [1.165, 1.54) is 5.56 Å². The fraction of sp³-hybridized carbons (Fsp3) is 0.400. The minimum Gasteiger partial charge on any atom is -0.508 e. The summed E-state index contributed by atoms with van der Waals surface area (Å²) >= 11 is 0. The lowest BCUT2D eigenvalue weighted by Gasteiger charge is -2.42. The molecular weight excluding hydrogens is 751 g/mol. The number of hydrogen-bond donors (Lipinski definition) is 5. The average Bonchev–Trinajstić information content (AvgIpc) is 3.29. The molecule has 314 valence electrons. The van der Waals surface area contributed by atoms with E-state index in [0.717, 1.165) is 39.1 Å². The second kappa shape index (κ2) is 12.7. The van der Waals surface area contributed by atoms with Crippen LogP contribution in [0.25, 0.3) is 27.9 Å². The van der Waals surface area contributed by atoms with Crippen LogP contribution >= 0.6 is 0 Å². The summed E-state index contributed by atoms with van der Waals surface area (Å²) in [5.74, 6) is -1.97. The molecule has 60 heavy (non-hydrogen) atoms. The number of benzene rings is 5. The fourth-order valence-corrected chi connectivity index (χ4v) is 9.25. The highest BCUT2D eigenvalue weighted by Gasteiger charge is 2.47. The molecule has 5 N–H and O–H groups in total. The molecule has 0 aliphatic carbocycles. The monoisotopic (exact) mass is 810 g/mol. The first-order valence-electron chi connectivity index (χ1n) is 20.9. The maximum Gasteiger partial charge on any atom is 0.257 e. The highest BCUT2D eigenvalue weighted by atomic mass is 17.0. The largest absolute Gasteiger partial charge is 0.508 e. The van der Waals surface area contributed by atoms with E-state index in [9.17, 15) is 25.5 Å². The van der Waals surface area contributed by atoms with Crippen molar-refractivity contribution in [2.75, 3.05) is 4.90 Å². The molecule has 0 radical (unpaired) electrons. The highest BCUT2D eigenvalue weighted by Crippen LogP contribution is 2.53. The lowest BCUT2D eigenvalue weighted by molar-refractivity contribution is 0.0873. The number of aromatic hydroxyl groups is 5. The molecule has 0 unspecified atom stereocenters. The summed E-state index contributed by atoms with van der Waals surface area (Å²) in [6, 6.07) is 19.5. The Balaban J connectivity index is 1.69. The molecule has 2 aliphatic heterocycles. The summed E-state index contributed by atoms with van der Waals surface area (Å²) in [7, 11) is 0. The minimum atomic E-state index is -0.843. The predicted molar refractivity (Wildman–Crippen MR) is 244 cm³/mol. The van der Waals surface area contributed by atoms with Crippen molar-refractivity contribution < 1.29 is 34.7 Å². The van der Waals surface area contributed by atoms with Crippen LogP contribution < -0.4 is 21.3 Å². The Morgan fingerprint density at radius 3 is 1.43 bits per heavy atom. The van der Waals surface area contributed by atoms with Crippen molar-refractivity contribution in [3.05, 3.63) is 82.4 Å². The normalized spacial score (nSPS) is 14.2. The molecule has 0 bridgehead atoms. The number of phenols is 5. The fourth-order valence-electron chi connectivity index (χ4n) is 9.25. The van der Waals surface area contributed by atoms with Crippen LogP contribution in [0.5, 0.6) is 28.7 Å². The van der Waals surface area contributed by atoms with Crippen LogP contribution in [0.3, 0.4) is 0 Å². The molecule has 2 aliphatic rings. The number of hydrogen-bond acceptors (Lipinski definition) is 8. The van der Waals surface area contributed by atoms with Crippen LogP contribution in [0.4, 0.5) is 17.1 Å². The topological polar surface area (TPSA) is 136 Å². The highest BCUT2D eigenvalue weighted by molar-refractivity contribution is 7.00. The zero-order valence-corrected chi connectivity index (χ0v) is 37.7. The van der Waals surface area contributed by atoms with E-state index in [4.69, 9.17) is 9.15 Å². The number of fused-ring (bicyclic) bond motifs is 6. The van der Waals surface area contributed by atoms with Crippen LogP contribution in [0, 0.1) is 0 Å². The Kier molecular flexibility index (Phi) is 8.70. The van der Waals surface area contributed by atoms with E-state index in [2.05, 4.69) is 122 Å². The van der Waals surface area contributed by atoms with E-state index >= 15 is 0 Å². The Morgan fingerprint density at radius 2 is 0.917 bits per heavy atom. The van der Waals surface area contributed by atoms with E-state index in [1.807, 2.05) is 20.8 Å². The third-order valence-electron chi connectivity index (χ3n) is 12.4. The molecule has 3 heterocycles. The molecule has 5 aromatic carbocycles. The van der Waals surface area contributed by atoms with Crippen LogP contribution in [-0.4, -0.2) is 36.8 Å². The summed E-state index contributed by atoms with van der Waals surface area (Å²) in [6.07, 6.45) is 0. The van der Waals surface area contributed by atoms with Gasteiger partial charge in [0.1, 0.15) is 11.3 Å². The van der Waals surface area contributed by atoms with Crippen LogP contribution in [0.15, 0.2) is 63.8 Å². The molecule has 0 saturated heterocycles. The summed E-state index contributed by atoms with van der Waals surface area (Å²) in [6.45, 7) is 30.0. The standard InChI is InChI=1S/C50H59BN2O7/c1-46(2,3)25-16-19-28(20-17-25)52-30-21-18-26(47(4,5)6)22-29(30)51-35-31(52)23-27(48(7,8)9)24-32(35)53-37-36(51)39(54)33(49(10,11)12)41(56)44(37)59-60-45-38(53)43(58)40(55)34(42(45)57)50(13,14)15/h16-24,54-58H,1-15H3. The Morgan fingerprint density at radius 1 is 0.433 bits per heavy atom. The molecule has 6 aromatic rings. The third-order valence-corrected chi connectivity index (χ3v) is 12.4. The zero-order chi connectivity index (χ0) is 44.1. The van der Waals surface area contributed by atoms with Crippen molar-refractivity contribution in [1.29, 1.82) is 0 Å². The molecule has 10 heteroatoms. The minimum absolute atomic E-state index is 0.0600. The van der Waals surface area contributed by atoms with Gasteiger partial charge in [0.15, 0.2) is 23.0 Å². The van der Waals surface area contributed by atoms with Gasteiger partial charge in [-0.1, -0.05) is 128 Å².